The highest BCUT2D eigenvalue weighted by Gasteiger charge is 2.38. The quantitative estimate of drug-likeness (QED) is 0.609. The smallest absolute Gasteiger partial charge is 0.0380 e. The van der Waals surface area contributed by atoms with Gasteiger partial charge in [0.2, 0.25) is 0 Å². The van der Waals surface area contributed by atoms with E-state index >= 15 is 0 Å². The highest BCUT2D eigenvalue weighted by molar-refractivity contribution is 4.88. The summed E-state index contributed by atoms with van der Waals surface area (Å²) in [6.07, 6.45) is 15.6. The van der Waals surface area contributed by atoms with Crippen LogP contribution in [0, 0.1) is 29.6 Å². The lowest BCUT2D eigenvalue weighted by Crippen LogP contribution is -2.21. The summed E-state index contributed by atoms with van der Waals surface area (Å²) < 4.78 is 0. The van der Waals surface area contributed by atoms with Crippen molar-refractivity contribution < 1.29 is 0 Å². The lowest BCUT2D eigenvalue weighted by Gasteiger charge is -2.33. The first-order valence-corrected chi connectivity index (χ1v) is 7.83. The molecule has 3 fully saturated rings. The van der Waals surface area contributed by atoms with E-state index in [0.29, 0.717) is 0 Å². The molecule has 0 aliphatic heterocycles. The summed E-state index contributed by atoms with van der Waals surface area (Å²) in [5, 5.41) is 0. The van der Waals surface area contributed by atoms with Crippen LogP contribution >= 0.6 is 0 Å². The molecule has 16 heavy (non-hydrogen) atoms. The second-order valence-electron chi connectivity index (χ2n) is 7.05. The van der Waals surface area contributed by atoms with Crippen molar-refractivity contribution >= 4 is 0 Å². The average molecular weight is 220 g/mol. The molecular formula is C16H28. The maximum Gasteiger partial charge on any atom is -0.0380 e. The maximum atomic E-state index is 2.46. The van der Waals surface area contributed by atoms with Gasteiger partial charge in [-0.2, -0.15) is 0 Å². The van der Waals surface area contributed by atoms with Crippen molar-refractivity contribution in [3.63, 3.8) is 0 Å². The van der Waals surface area contributed by atoms with Crippen LogP contribution in [0.4, 0.5) is 0 Å². The maximum absolute atomic E-state index is 2.46. The Bertz CT molecular complexity index is 215. The average Bonchev–Trinajstić information content (AvgIpc) is 2.71. The standard InChI is InChI=1S/C16H28/c1-12-9-15(12)11-16(10-13-5-4-6-13)14-7-2-3-8-14/h12-16H,2-11H2,1H3. The van der Waals surface area contributed by atoms with Gasteiger partial charge in [0.15, 0.2) is 0 Å². The molecule has 0 heteroatoms. The van der Waals surface area contributed by atoms with E-state index in [-0.39, 0.29) is 0 Å². The van der Waals surface area contributed by atoms with E-state index in [4.69, 9.17) is 0 Å². The minimum atomic E-state index is 1.07. The van der Waals surface area contributed by atoms with E-state index < -0.39 is 0 Å². The topological polar surface area (TPSA) is 0 Å². The second-order valence-corrected chi connectivity index (χ2v) is 7.05. The fourth-order valence-electron chi connectivity index (χ4n) is 4.18. The van der Waals surface area contributed by atoms with Gasteiger partial charge in [0.05, 0.1) is 0 Å². The van der Waals surface area contributed by atoms with Crippen LogP contribution in [0.1, 0.15) is 71.1 Å². The summed E-state index contributed by atoms with van der Waals surface area (Å²) in [4.78, 5) is 0. The predicted octanol–water partition coefficient (Wildman–Crippen LogP) is 5.03. The van der Waals surface area contributed by atoms with Gasteiger partial charge in [0, 0.05) is 0 Å². The monoisotopic (exact) mass is 220 g/mol. The van der Waals surface area contributed by atoms with Crippen molar-refractivity contribution in [1.29, 1.82) is 0 Å². The van der Waals surface area contributed by atoms with Gasteiger partial charge >= 0.3 is 0 Å². The van der Waals surface area contributed by atoms with E-state index in [1.165, 1.54) is 19.3 Å². The van der Waals surface area contributed by atoms with Crippen molar-refractivity contribution in [3.8, 4) is 0 Å². The molecule has 3 atom stereocenters. The van der Waals surface area contributed by atoms with E-state index in [2.05, 4.69) is 6.92 Å². The lowest BCUT2D eigenvalue weighted by molar-refractivity contribution is 0.188. The fourth-order valence-corrected chi connectivity index (χ4v) is 4.18. The van der Waals surface area contributed by atoms with Crippen LogP contribution in [0.5, 0.6) is 0 Å². The van der Waals surface area contributed by atoms with Gasteiger partial charge in [-0.25, -0.2) is 0 Å². The fraction of sp³-hybridized carbons (Fsp3) is 1.00. The van der Waals surface area contributed by atoms with Crippen LogP contribution in [-0.2, 0) is 0 Å². The minimum absolute atomic E-state index is 1.07. The third kappa shape index (κ3) is 2.46. The normalized spacial score (nSPS) is 37.3. The zero-order chi connectivity index (χ0) is 11.0. The first-order chi connectivity index (χ1) is 7.83. The molecule has 3 unspecified atom stereocenters. The van der Waals surface area contributed by atoms with Gasteiger partial charge in [0.25, 0.3) is 0 Å². The molecule has 0 aromatic carbocycles. The Kier molecular flexibility index (Phi) is 3.27. The number of hydrogen-bond acceptors (Lipinski definition) is 0. The molecule has 3 aliphatic rings. The molecule has 0 saturated heterocycles. The van der Waals surface area contributed by atoms with Crippen molar-refractivity contribution in [3.05, 3.63) is 0 Å². The van der Waals surface area contributed by atoms with Crippen LogP contribution in [0.2, 0.25) is 0 Å². The predicted molar refractivity (Wildman–Crippen MR) is 69.3 cm³/mol. The Balaban J connectivity index is 1.53. The van der Waals surface area contributed by atoms with Crippen LogP contribution in [0.15, 0.2) is 0 Å². The van der Waals surface area contributed by atoms with E-state index in [9.17, 15) is 0 Å². The molecule has 0 heterocycles. The van der Waals surface area contributed by atoms with Gasteiger partial charge in [-0.15, -0.1) is 0 Å². The summed E-state index contributed by atoms with van der Waals surface area (Å²) in [5.41, 5.74) is 0. The van der Waals surface area contributed by atoms with E-state index in [1.807, 2.05) is 0 Å². The number of rotatable bonds is 5. The van der Waals surface area contributed by atoms with Gasteiger partial charge in [-0.05, 0) is 48.9 Å². The molecule has 3 rings (SSSR count). The Morgan fingerprint density at radius 2 is 1.62 bits per heavy atom. The summed E-state index contributed by atoms with van der Waals surface area (Å²) >= 11 is 0. The molecule has 0 aromatic rings. The van der Waals surface area contributed by atoms with Crippen LogP contribution in [0.25, 0.3) is 0 Å². The van der Waals surface area contributed by atoms with Crippen LogP contribution in [-0.4, -0.2) is 0 Å². The molecule has 0 aromatic heterocycles. The summed E-state index contributed by atoms with van der Waals surface area (Å²) in [5.74, 6) is 5.60. The molecule has 0 radical (unpaired) electrons. The molecule has 3 saturated carbocycles. The van der Waals surface area contributed by atoms with Gasteiger partial charge < -0.3 is 0 Å². The van der Waals surface area contributed by atoms with E-state index in [1.54, 1.807) is 44.9 Å². The van der Waals surface area contributed by atoms with Crippen LogP contribution in [0.3, 0.4) is 0 Å². The number of hydrogen-bond donors (Lipinski definition) is 0. The molecule has 92 valence electrons. The third-order valence-electron chi connectivity index (χ3n) is 5.81. The molecule has 0 nitrogen and oxygen atoms in total. The van der Waals surface area contributed by atoms with Crippen molar-refractivity contribution in [1.82, 2.24) is 0 Å². The first-order valence-electron chi connectivity index (χ1n) is 7.83. The van der Waals surface area contributed by atoms with Crippen LogP contribution < -0.4 is 0 Å². The van der Waals surface area contributed by atoms with Gasteiger partial charge in [-0.1, -0.05) is 51.9 Å². The SMILES string of the molecule is CC1CC1CC(CC1CCC1)C1CCCC1. The Morgan fingerprint density at radius 1 is 0.938 bits per heavy atom. The molecule has 0 amide bonds. The lowest BCUT2D eigenvalue weighted by atomic mass is 9.73. The molecule has 3 aliphatic carbocycles. The highest BCUT2D eigenvalue weighted by Crippen LogP contribution is 2.49. The first kappa shape index (κ1) is 11.1. The minimum Gasteiger partial charge on any atom is -0.0622 e. The van der Waals surface area contributed by atoms with Crippen molar-refractivity contribution in [2.24, 2.45) is 29.6 Å². The Labute approximate surface area is 101 Å². The zero-order valence-electron chi connectivity index (χ0n) is 11.0. The zero-order valence-corrected chi connectivity index (χ0v) is 11.0. The third-order valence-corrected chi connectivity index (χ3v) is 5.81. The largest absolute Gasteiger partial charge is 0.0622 e. The van der Waals surface area contributed by atoms with Gasteiger partial charge in [-0.3, -0.25) is 0 Å². The Hall–Kier alpha value is 0. The summed E-state index contributed by atoms with van der Waals surface area (Å²) in [6, 6.07) is 0. The Morgan fingerprint density at radius 3 is 2.12 bits per heavy atom. The molecule has 0 N–H and O–H groups in total. The highest BCUT2D eigenvalue weighted by atomic mass is 14.4. The van der Waals surface area contributed by atoms with Crippen molar-refractivity contribution in [2.75, 3.05) is 0 Å². The molecule has 0 spiro atoms. The summed E-state index contributed by atoms with van der Waals surface area (Å²) in [7, 11) is 0. The van der Waals surface area contributed by atoms with E-state index in [0.717, 1.165) is 29.6 Å². The van der Waals surface area contributed by atoms with Gasteiger partial charge in [0.1, 0.15) is 0 Å². The molecule has 0 bridgehead atoms. The summed E-state index contributed by atoms with van der Waals surface area (Å²) in [6.45, 7) is 2.46. The van der Waals surface area contributed by atoms with Crippen molar-refractivity contribution in [2.45, 2.75) is 71.1 Å². The molecular weight excluding hydrogens is 192 g/mol. The second kappa shape index (κ2) is 4.70.